The number of rotatable bonds is 4. The first-order valence-corrected chi connectivity index (χ1v) is 6.67. The minimum atomic E-state index is -0.0520. The zero-order chi connectivity index (χ0) is 14.7. The van der Waals surface area contributed by atoms with Gasteiger partial charge >= 0.3 is 0 Å². The molecule has 0 atom stereocenters. The summed E-state index contributed by atoms with van der Waals surface area (Å²) >= 11 is 0. The SMILES string of the molecule is COc1ccc(-n2c(C(C)C)ccc(CN)c2=O)cc1. The molecule has 1 aromatic carbocycles. The standard InChI is InChI=1S/C16H20N2O2/c1-11(2)15-9-4-12(10-17)16(19)18(15)13-5-7-14(20-3)8-6-13/h4-9,11H,10,17H2,1-3H3. The second-order valence-electron chi connectivity index (χ2n) is 4.98. The van der Waals surface area contributed by atoms with Crippen molar-refractivity contribution in [2.45, 2.75) is 26.3 Å². The monoisotopic (exact) mass is 272 g/mol. The van der Waals surface area contributed by atoms with E-state index in [0.717, 1.165) is 17.1 Å². The van der Waals surface area contributed by atoms with E-state index < -0.39 is 0 Å². The van der Waals surface area contributed by atoms with Crippen molar-refractivity contribution >= 4 is 0 Å². The number of benzene rings is 1. The molecule has 1 aromatic heterocycles. The third-order valence-electron chi connectivity index (χ3n) is 3.33. The number of nitrogens with two attached hydrogens (primary N) is 1. The summed E-state index contributed by atoms with van der Waals surface area (Å²) in [5, 5.41) is 0. The van der Waals surface area contributed by atoms with Gasteiger partial charge in [0.05, 0.1) is 7.11 Å². The Labute approximate surface area is 118 Å². The van der Waals surface area contributed by atoms with Crippen molar-refractivity contribution in [2.75, 3.05) is 7.11 Å². The molecule has 0 aliphatic heterocycles. The Morgan fingerprint density at radius 1 is 1.15 bits per heavy atom. The van der Waals surface area contributed by atoms with Crippen LogP contribution in [0.3, 0.4) is 0 Å². The summed E-state index contributed by atoms with van der Waals surface area (Å²) in [5.41, 5.74) is 8.00. The molecule has 0 fully saturated rings. The molecular weight excluding hydrogens is 252 g/mol. The van der Waals surface area contributed by atoms with E-state index in [1.807, 2.05) is 36.4 Å². The van der Waals surface area contributed by atoms with E-state index >= 15 is 0 Å². The summed E-state index contributed by atoms with van der Waals surface area (Å²) in [6.07, 6.45) is 0. The summed E-state index contributed by atoms with van der Waals surface area (Å²) in [7, 11) is 1.62. The quantitative estimate of drug-likeness (QED) is 0.930. The molecule has 0 saturated carbocycles. The van der Waals surface area contributed by atoms with Crippen LogP contribution in [-0.2, 0) is 6.54 Å². The zero-order valence-corrected chi connectivity index (χ0v) is 12.1. The average Bonchev–Trinajstić information content (AvgIpc) is 2.47. The molecule has 0 radical (unpaired) electrons. The van der Waals surface area contributed by atoms with E-state index in [1.54, 1.807) is 11.7 Å². The topological polar surface area (TPSA) is 57.2 Å². The van der Waals surface area contributed by atoms with Crippen LogP contribution < -0.4 is 16.0 Å². The number of ether oxygens (including phenoxy) is 1. The summed E-state index contributed by atoms with van der Waals surface area (Å²) < 4.78 is 6.88. The Morgan fingerprint density at radius 3 is 2.30 bits per heavy atom. The largest absolute Gasteiger partial charge is 0.497 e. The lowest BCUT2D eigenvalue weighted by molar-refractivity contribution is 0.414. The van der Waals surface area contributed by atoms with Gasteiger partial charge in [0.1, 0.15) is 5.75 Å². The highest BCUT2D eigenvalue weighted by atomic mass is 16.5. The van der Waals surface area contributed by atoms with Gasteiger partial charge in [-0.1, -0.05) is 19.9 Å². The normalized spacial score (nSPS) is 10.8. The molecule has 0 spiro atoms. The van der Waals surface area contributed by atoms with Crippen LogP contribution in [0.5, 0.6) is 5.75 Å². The highest BCUT2D eigenvalue weighted by Crippen LogP contribution is 2.20. The predicted octanol–water partition coefficient (Wildman–Crippen LogP) is 2.43. The maximum Gasteiger partial charge on any atom is 0.259 e. The Morgan fingerprint density at radius 2 is 1.80 bits per heavy atom. The van der Waals surface area contributed by atoms with Gasteiger partial charge in [0.25, 0.3) is 5.56 Å². The highest BCUT2D eigenvalue weighted by Gasteiger charge is 2.12. The molecule has 0 saturated heterocycles. The second-order valence-corrected chi connectivity index (χ2v) is 4.98. The van der Waals surface area contributed by atoms with Gasteiger partial charge in [-0.25, -0.2) is 0 Å². The summed E-state index contributed by atoms with van der Waals surface area (Å²) in [4.78, 5) is 12.5. The molecule has 106 valence electrons. The van der Waals surface area contributed by atoms with Gasteiger partial charge in [-0.15, -0.1) is 0 Å². The van der Waals surface area contributed by atoms with Crippen molar-refractivity contribution < 1.29 is 4.74 Å². The molecule has 0 bridgehead atoms. The number of aromatic nitrogens is 1. The van der Waals surface area contributed by atoms with Crippen molar-refractivity contribution in [3.63, 3.8) is 0 Å². The first-order valence-electron chi connectivity index (χ1n) is 6.67. The van der Waals surface area contributed by atoms with Gasteiger partial charge in [-0.2, -0.15) is 0 Å². The Kier molecular flexibility index (Phi) is 4.25. The van der Waals surface area contributed by atoms with Crippen LogP contribution in [0.4, 0.5) is 0 Å². The van der Waals surface area contributed by atoms with Crippen LogP contribution in [0.25, 0.3) is 5.69 Å². The van der Waals surface area contributed by atoms with Crippen molar-refractivity contribution in [1.29, 1.82) is 0 Å². The number of hydrogen-bond donors (Lipinski definition) is 1. The van der Waals surface area contributed by atoms with Gasteiger partial charge in [-0.05, 0) is 36.2 Å². The maximum atomic E-state index is 12.5. The molecule has 20 heavy (non-hydrogen) atoms. The van der Waals surface area contributed by atoms with E-state index in [0.29, 0.717) is 5.56 Å². The van der Waals surface area contributed by atoms with Gasteiger partial charge in [0.15, 0.2) is 0 Å². The lowest BCUT2D eigenvalue weighted by atomic mass is 10.1. The minimum absolute atomic E-state index is 0.0520. The van der Waals surface area contributed by atoms with Gasteiger partial charge in [0, 0.05) is 23.5 Å². The molecule has 0 unspecified atom stereocenters. The Bertz CT molecular complexity index is 643. The third-order valence-corrected chi connectivity index (χ3v) is 3.33. The molecule has 2 rings (SSSR count). The van der Waals surface area contributed by atoms with E-state index in [4.69, 9.17) is 10.5 Å². The lowest BCUT2D eigenvalue weighted by Gasteiger charge is -2.17. The zero-order valence-electron chi connectivity index (χ0n) is 12.1. The molecule has 4 heteroatoms. The Balaban J connectivity index is 2.65. The van der Waals surface area contributed by atoms with Crippen LogP contribution in [-0.4, -0.2) is 11.7 Å². The molecule has 2 N–H and O–H groups in total. The lowest BCUT2D eigenvalue weighted by Crippen LogP contribution is -2.27. The van der Waals surface area contributed by atoms with Crippen LogP contribution in [0.15, 0.2) is 41.2 Å². The molecule has 2 aromatic rings. The van der Waals surface area contributed by atoms with Gasteiger partial charge in [-0.3, -0.25) is 9.36 Å². The maximum absolute atomic E-state index is 12.5. The number of methoxy groups -OCH3 is 1. The van der Waals surface area contributed by atoms with Crippen LogP contribution in [0.2, 0.25) is 0 Å². The fourth-order valence-corrected chi connectivity index (χ4v) is 2.20. The minimum Gasteiger partial charge on any atom is -0.497 e. The van der Waals surface area contributed by atoms with E-state index in [1.165, 1.54) is 0 Å². The van der Waals surface area contributed by atoms with E-state index in [9.17, 15) is 4.79 Å². The first kappa shape index (κ1) is 14.3. The van der Waals surface area contributed by atoms with Crippen LogP contribution in [0, 0.1) is 0 Å². The van der Waals surface area contributed by atoms with Crippen molar-refractivity contribution in [3.8, 4) is 11.4 Å². The van der Waals surface area contributed by atoms with Crippen LogP contribution >= 0.6 is 0 Å². The fraction of sp³-hybridized carbons (Fsp3) is 0.312. The highest BCUT2D eigenvalue weighted by molar-refractivity contribution is 5.40. The van der Waals surface area contributed by atoms with Gasteiger partial charge in [0.2, 0.25) is 0 Å². The summed E-state index contributed by atoms with van der Waals surface area (Å²) in [6.45, 7) is 4.38. The smallest absolute Gasteiger partial charge is 0.259 e. The third kappa shape index (κ3) is 2.60. The summed E-state index contributed by atoms with van der Waals surface area (Å²) in [5.74, 6) is 1.01. The molecule has 0 amide bonds. The number of nitrogens with zero attached hydrogens (tertiary/aromatic N) is 1. The summed E-state index contributed by atoms with van der Waals surface area (Å²) in [6, 6.07) is 11.2. The van der Waals surface area contributed by atoms with Crippen molar-refractivity contribution in [3.05, 3.63) is 58.0 Å². The van der Waals surface area contributed by atoms with Crippen molar-refractivity contribution in [1.82, 2.24) is 4.57 Å². The molecule has 0 aliphatic rings. The molecular formula is C16H20N2O2. The molecule has 1 heterocycles. The fourth-order valence-electron chi connectivity index (χ4n) is 2.20. The average molecular weight is 272 g/mol. The molecule has 4 nitrogen and oxygen atoms in total. The van der Waals surface area contributed by atoms with Crippen molar-refractivity contribution in [2.24, 2.45) is 5.73 Å². The van der Waals surface area contributed by atoms with E-state index in [2.05, 4.69) is 13.8 Å². The predicted molar refractivity (Wildman–Crippen MR) is 80.6 cm³/mol. The van der Waals surface area contributed by atoms with Crippen LogP contribution in [0.1, 0.15) is 31.0 Å². The number of pyridine rings is 1. The van der Waals surface area contributed by atoms with Gasteiger partial charge < -0.3 is 10.5 Å². The Hall–Kier alpha value is -2.07. The first-order chi connectivity index (χ1) is 9.58. The van der Waals surface area contributed by atoms with E-state index in [-0.39, 0.29) is 18.0 Å². The second kappa shape index (κ2) is 5.92. The molecule has 0 aliphatic carbocycles. The number of hydrogen-bond acceptors (Lipinski definition) is 3.